The third-order valence-corrected chi connectivity index (χ3v) is 1.63. The molecule has 0 aliphatic heterocycles. The second kappa shape index (κ2) is 10.9. The van der Waals surface area contributed by atoms with E-state index in [4.69, 9.17) is 15.2 Å². The monoisotopic (exact) mass is 175 g/mol. The average Bonchev–Trinajstić information content (AvgIpc) is 2.10. The minimum Gasteiger partial charge on any atom is -0.385 e. The summed E-state index contributed by atoms with van der Waals surface area (Å²) in [5, 5.41) is 0. The summed E-state index contributed by atoms with van der Waals surface area (Å²) in [5.74, 6) is 0. The zero-order valence-electron chi connectivity index (χ0n) is 8.05. The van der Waals surface area contributed by atoms with Crippen LogP contribution in [0.5, 0.6) is 0 Å². The molecule has 0 spiro atoms. The first-order valence-corrected chi connectivity index (χ1v) is 4.68. The minimum absolute atomic E-state index is 0.771. The van der Waals surface area contributed by atoms with Gasteiger partial charge in [0.2, 0.25) is 0 Å². The van der Waals surface area contributed by atoms with E-state index in [0.717, 1.165) is 52.0 Å². The molecule has 0 aliphatic rings. The van der Waals surface area contributed by atoms with Crippen LogP contribution in [0.4, 0.5) is 0 Å². The van der Waals surface area contributed by atoms with Crippen LogP contribution in [-0.4, -0.2) is 33.5 Å². The minimum atomic E-state index is 0.771. The third-order valence-electron chi connectivity index (χ3n) is 1.63. The zero-order chi connectivity index (χ0) is 9.07. The maximum Gasteiger partial charge on any atom is 0.0466 e. The number of nitrogens with two attached hydrogens (primary N) is 1. The van der Waals surface area contributed by atoms with Crippen molar-refractivity contribution in [2.45, 2.75) is 25.7 Å². The molecule has 0 aromatic carbocycles. The Morgan fingerprint density at radius 1 is 0.917 bits per heavy atom. The molecule has 0 atom stereocenters. The van der Waals surface area contributed by atoms with Crippen molar-refractivity contribution >= 4 is 0 Å². The highest BCUT2D eigenvalue weighted by Gasteiger charge is 1.89. The summed E-state index contributed by atoms with van der Waals surface area (Å²) in [5.41, 5.74) is 5.34. The van der Waals surface area contributed by atoms with Crippen molar-refractivity contribution < 1.29 is 9.47 Å². The topological polar surface area (TPSA) is 44.5 Å². The second-order valence-corrected chi connectivity index (χ2v) is 2.81. The highest BCUT2D eigenvalue weighted by molar-refractivity contribution is 4.40. The molecule has 74 valence electrons. The predicted molar refractivity (Wildman–Crippen MR) is 50.2 cm³/mol. The largest absolute Gasteiger partial charge is 0.385 e. The Balaban J connectivity index is 2.73. The molecule has 0 unspecified atom stereocenters. The Morgan fingerprint density at radius 3 is 2.08 bits per heavy atom. The molecule has 3 nitrogen and oxygen atoms in total. The van der Waals surface area contributed by atoms with E-state index in [-0.39, 0.29) is 0 Å². The molecule has 0 bridgehead atoms. The highest BCUT2D eigenvalue weighted by Crippen LogP contribution is 1.93. The maximum absolute atomic E-state index is 5.37. The van der Waals surface area contributed by atoms with Gasteiger partial charge in [-0.25, -0.2) is 0 Å². The summed E-state index contributed by atoms with van der Waals surface area (Å²) in [6.07, 6.45) is 4.34. The molecule has 0 fully saturated rings. The summed E-state index contributed by atoms with van der Waals surface area (Å²) in [6.45, 7) is 3.32. The summed E-state index contributed by atoms with van der Waals surface area (Å²) in [4.78, 5) is 0. The van der Waals surface area contributed by atoms with E-state index in [2.05, 4.69) is 0 Å². The molecule has 0 rings (SSSR count). The van der Waals surface area contributed by atoms with Crippen LogP contribution in [-0.2, 0) is 9.47 Å². The Morgan fingerprint density at radius 2 is 1.50 bits per heavy atom. The summed E-state index contributed by atoms with van der Waals surface area (Å²) in [7, 11) is 1.72. The molecule has 0 heterocycles. The summed E-state index contributed by atoms with van der Waals surface area (Å²) < 4.78 is 10.3. The van der Waals surface area contributed by atoms with Crippen LogP contribution in [0.2, 0.25) is 0 Å². The van der Waals surface area contributed by atoms with Crippen molar-refractivity contribution in [2.75, 3.05) is 33.5 Å². The molecular weight excluding hydrogens is 154 g/mol. The fraction of sp³-hybridized carbons (Fsp3) is 1.00. The molecule has 3 heteroatoms. The SMILES string of the molecule is COCCCCOCCCCN. The lowest BCUT2D eigenvalue weighted by atomic mass is 10.3. The average molecular weight is 175 g/mol. The van der Waals surface area contributed by atoms with Crippen molar-refractivity contribution in [3.63, 3.8) is 0 Å². The lowest BCUT2D eigenvalue weighted by Crippen LogP contribution is -2.03. The molecule has 0 saturated carbocycles. The number of hydrogen-bond donors (Lipinski definition) is 1. The molecule has 12 heavy (non-hydrogen) atoms. The van der Waals surface area contributed by atoms with Gasteiger partial charge >= 0.3 is 0 Å². The first-order chi connectivity index (χ1) is 5.91. The number of ether oxygens (including phenoxy) is 2. The third kappa shape index (κ3) is 9.88. The van der Waals surface area contributed by atoms with Gasteiger partial charge in [0.25, 0.3) is 0 Å². The van der Waals surface area contributed by atoms with Gasteiger partial charge < -0.3 is 15.2 Å². The summed E-state index contributed by atoms with van der Waals surface area (Å²) >= 11 is 0. The molecule has 0 aromatic heterocycles. The van der Waals surface area contributed by atoms with Gasteiger partial charge in [0.1, 0.15) is 0 Å². The van der Waals surface area contributed by atoms with E-state index in [1.807, 2.05) is 0 Å². The van der Waals surface area contributed by atoms with Gasteiger partial charge in [-0.15, -0.1) is 0 Å². The molecule has 0 aromatic rings. The first kappa shape index (κ1) is 11.9. The van der Waals surface area contributed by atoms with E-state index in [0.29, 0.717) is 0 Å². The van der Waals surface area contributed by atoms with Crippen LogP contribution >= 0.6 is 0 Å². The molecular formula is C9H21NO2. The van der Waals surface area contributed by atoms with Crippen LogP contribution in [0.15, 0.2) is 0 Å². The van der Waals surface area contributed by atoms with Crippen molar-refractivity contribution in [2.24, 2.45) is 5.73 Å². The second-order valence-electron chi connectivity index (χ2n) is 2.81. The van der Waals surface area contributed by atoms with E-state index < -0.39 is 0 Å². The summed E-state index contributed by atoms with van der Waals surface area (Å²) in [6, 6.07) is 0. The van der Waals surface area contributed by atoms with Crippen molar-refractivity contribution in [3.8, 4) is 0 Å². The van der Waals surface area contributed by atoms with E-state index in [1.54, 1.807) is 7.11 Å². The van der Waals surface area contributed by atoms with Gasteiger partial charge in [-0.05, 0) is 32.2 Å². The van der Waals surface area contributed by atoms with Crippen LogP contribution in [0.25, 0.3) is 0 Å². The van der Waals surface area contributed by atoms with Crippen LogP contribution in [0, 0.1) is 0 Å². The number of methoxy groups -OCH3 is 1. The van der Waals surface area contributed by atoms with Gasteiger partial charge in [-0.3, -0.25) is 0 Å². The molecule has 2 N–H and O–H groups in total. The Kier molecular flexibility index (Phi) is 10.8. The molecule has 0 saturated heterocycles. The van der Waals surface area contributed by atoms with Crippen LogP contribution in [0.1, 0.15) is 25.7 Å². The molecule has 0 amide bonds. The van der Waals surface area contributed by atoms with Crippen LogP contribution < -0.4 is 5.73 Å². The molecule has 0 aliphatic carbocycles. The standard InChI is InChI=1S/C9H21NO2/c1-11-7-4-5-9-12-8-3-2-6-10/h2-10H2,1H3. The number of hydrogen-bond acceptors (Lipinski definition) is 3. The van der Waals surface area contributed by atoms with Crippen LogP contribution in [0.3, 0.4) is 0 Å². The quantitative estimate of drug-likeness (QED) is 0.535. The first-order valence-electron chi connectivity index (χ1n) is 4.68. The van der Waals surface area contributed by atoms with Crippen molar-refractivity contribution in [1.29, 1.82) is 0 Å². The Bertz CT molecular complexity index is 68.9. The maximum atomic E-state index is 5.37. The van der Waals surface area contributed by atoms with Gasteiger partial charge in [-0.1, -0.05) is 0 Å². The zero-order valence-corrected chi connectivity index (χ0v) is 8.05. The van der Waals surface area contributed by atoms with Gasteiger partial charge in [0, 0.05) is 26.9 Å². The number of unbranched alkanes of at least 4 members (excludes halogenated alkanes) is 2. The van der Waals surface area contributed by atoms with Crippen molar-refractivity contribution in [1.82, 2.24) is 0 Å². The fourth-order valence-corrected chi connectivity index (χ4v) is 0.901. The van der Waals surface area contributed by atoms with E-state index >= 15 is 0 Å². The lowest BCUT2D eigenvalue weighted by molar-refractivity contribution is 0.116. The van der Waals surface area contributed by atoms with Gasteiger partial charge in [0.15, 0.2) is 0 Å². The van der Waals surface area contributed by atoms with E-state index in [9.17, 15) is 0 Å². The highest BCUT2D eigenvalue weighted by atomic mass is 16.5. The lowest BCUT2D eigenvalue weighted by Gasteiger charge is -2.02. The van der Waals surface area contributed by atoms with Gasteiger partial charge in [-0.2, -0.15) is 0 Å². The fourth-order valence-electron chi connectivity index (χ4n) is 0.901. The van der Waals surface area contributed by atoms with E-state index in [1.165, 1.54) is 0 Å². The smallest absolute Gasteiger partial charge is 0.0466 e. The predicted octanol–water partition coefficient (Wildman–Crippen LogP) is 1.17. The Labute approximate surface area is 75.2 Å². The van der Waals surface area contributed by atoms with Gasteiger partial charge in [0.05, 0.1) is 0 Å². The number of rotatable bonds is 9. The normalized spacial score (nSPS) is 10.5. The molecule has 0 radical (unpaired) electrons. The van der Waals surface area contributed by atoms with Crippen molar-refractivity contribution in [3.05, 3.63) is 0 Å². The Hall–Kier alpha value is -0.120.